The maximum Gasteiger partial charge on any atom is 0.426 e. The standard InChI is InChI=1S/C22H28N2O5/c25-20(28-19-14-24-12-10-16(19)11-13-24)21(26)29-22(27)23-18-9-5-4-8-17(18)15-6-2-1-3-7-15/h4-5,8-9,15-16,19H,1-3,6-7,10-14H2,(H,23,27). The van der Waals surface area contributed by atoms with Crippen LogP contribution in [0.1, 0.15) is 56.4 Å². The molecule has 1 aromatic carbocycles. The molecule has 1 aliphatic carbocycles. The van der Waals surface area contributed by atoms with Crippen molar-refractivity contribution in [3.8, 4) is 0 Å². The van der Waals surface area contributed by atoms with Crippen LogP contribution >= 0.6 is 0 Å². The number of carbonyl (C=O) groups is 3. The molecule has 2 bridgehead atoms. The Morgan fingerprint density at radius 3 is 2.34 bits per heavy atom. The highest BCUT2D eigenvalue weighted by atomic mass is 16.6. The largest absolute Gasteiger partial charge is 0.452 e. The van der Waals surface area contributed by atoms with Crippen molar-refractivity contribution < 1.29 is 23.9 Å². The molecule has 7 nitrogen and oxygen atoms in total. The monoisotopic (exact) mass is 400 g/mol. The van der Waals surface area contributed by atoms with Gasteiger partial charge in [0.05, 0.1) is 0 Å². The number of hydrogen-bond donors (Lipinski definition) is 1. The van der Waals surface area contributed by atoms with E-state index in [-0.39, 0.29) is 12.0 Å². The van der Waals surface area contributed by atoms with Crippen molar-refractivity contribution in [1.82, 2.24) is 4.90 Å². The van der Waals surface area contributed by atoms with Crippen LogP contribution < -0.4 is 5.32 Å². The number of fused-ring (bicyclic) bond motifs is 3. The summed E-state index contributed by atoms with van der Waals surface area (Å²) < 4.78 is 10.0. The van der Waals surface area contributed by atoms with E-state index in [2.05, 4.69) is 10.2 Å². The van der Waals surface area contributed by atoms with Gasteiger partial charge in [0.1, 0.15) is 6.10 Å². The number of rotatable bonds is 3. The molecule has 0 radical (unpaired) electrons. The molecule has 1 N–H and O–H groups in total. The number of benzene rings is 1. The number of hydrogen-bond acceptors (Lipinski definition) is 6. The first-order chi connectivity index (χ1) is 14.1. The minimum atomic E-state index is -1.27. The lowest BCUT2D eigenvalue weighted by Gasteiger charge is -2.43. The van der Waals surface area contributed by atoms with Gasteiger partial charge < -0.3 is 9.47 Å². The van der Waals surface area contributed by atoms with Crippen LogP contribution in [0.4, 0.5) is 10.5 Å². The summed E-state index contributed by atoms with van der Waals surface area (Å²) in [7, 11) is 0. The molecule has 1 unspecified atom stereocenters. The molecule has 156 valence electrons. The average molecular weight is 400 g/mol. The molecule has 3 saturated heterocycles. The van der Waals surface area contributed by atoms with Crippen LogP contribution in [0.25, 0.3) is 0 Å². The smallest absolute Gasteiger partial charge is 0.426 e. The van der Waals surface area contributed by atoms with Crippen molar-refractivity contribution in [2.45, 2.75) is 57.0 Å². The number of amides is 1. The SMILES string of the molecule is O=C(Nc1ccccc1C1CCCCC1)OC(=O)C(=O)OC1CN2CCC1CC2. The van der Waals surface area contributed by atoms with Crippen LogP contribution in [0, 0.1) is 5.92 Å². The summed E-state index contributed by atoms with van der Waals surface area (Å²) in [4.78, 5) is 38.6. The highest BCUT2D eigenvalue weighted by molar-refractivity contribution is 6.31. The number of anilines is 1. The van der Waals surface area contributed by atoms with Gasteiger partial charge >= 0.3 is 18.0 Å². The van der Waals surface area contributed by atoms with Gasteiger partial charge in [-0.25, -0.2) is 14.4 Å². The maximum absolute atomic E-state index is 12.2. The fraction of sp³-hybridized carbons (Fsp3) is 0.591. The third-order valence-corrected chi connectivity index (χ3v) is 6.45. The molecular formula is C22H28N2O5. The van der Waals surface area contributed by atoms with E-state index >= 15 is 0 Å². The lowest BCUT2D eigenvalue weighted by Crippen LogP contribution is -2.52. The van der Waals surface area contributed by atoms with E-state index in [1.165, 1.54) is 19.3 Å². The second kappa shape index (κ2) is 8.95. The van der Waals surface area contributed by atoms with Gasteiger partial charge in [-0.15, -0.1) is 0 Å². The molecule has 1 saturated carbocycles. The number of esters is 2. The summed E-state index contributed by atoms with van der Waals surface area (Å²) in [5.41, 5.74) is 1.68. The van der Waals surface area contributed by atoms with E-state index in [0.717, 1.165) is 44.3 Å². The molecule has 0 spiro atoms. The molecule has 1 aromatic rings. The fourth-order valence-electron chi connectivity index (χ4n) is 4.87. The van der Waals surface area contributed by atoms with Crippen molar-refractivity contribution in [1.29, 1.82) is 0 Å². The molecule has 29 heavy (non-hydrogen) atoms. The molecule has 5 rings (SSSR count). The Morgan fingerprint density at radius 1 is 0.931 bits per heavy atom. The lowest BCUT2D eigenvalue weighted by molar-refractivity contribution is -0.173. The summed E-state index contributed by atoms with van der Waals surface area (Å²) in [6, 6.07) is 7.55. The number of nitrogens with one attached hydrogen (secondary N) is 1. The number of carbonyl (C=O) groups excluding carboxylic acids is 3. The highest BCUT2D eigenvalue weighted by Gasteiger charge is 2.38. The minimum Gasteiger partial charge on any atom is -0.452 e. The summed E-state index contributed by atoms with van der Waals surface area (Å²) in [6.45, 7) is 2.66. The van der Waals surface area contributed by atoms with E-state index in [4.69, 9.17) is 9.47 Å². The number of ether oxygens (including phenoxy) is 2. The predicted octanol–water partition coefficient (Wildman–Crippen LogP) is 3.45. The normalized spacial score (nSPS) is 26.6. The van der Waals surface area contributed by atoms with Gasteiger partial charge in [-0.1, -0.05) is 37.5 Å². The zero-order chi connectivity index (χ0) is 20.2. The molecule has 1 atom stereocenters. The summed E-state index contributed by atoms with van der Waals surface area (Å²) >= 11 is 0. The van der Waals surface area contributed by atoms with Crippen LogP contribution in [0.5, 0.6) is 0 Å². The van der Waals surface area contributed by atoms with E-state index in [1.807, 2.05) is 18.2 Å². The number of nitrogens with zero attached hydrogens (tertiary/aromatic N) is 1. The molecule has 0 aromatic heterocycles. The first-order valence-electron chi connectivity index (χ1n) is 10.6. The Labute approximate surface area is 170 Å². The van der Waals surface area contributed by atoms with E-state index < -0.39 is 18.0 Å². The van der Waals surface area contributed by atoms with Gasteiger partial charge in [0.15, 0.2) is 0 Å². The first-order valence-corrected chi connectivity index (χ1v) is 10.6. The summed E-state index contributed by atoms with van der Waals surface area (Å²) in [6.07, 6.45) is 6.43. The van der Waals surface area contributed by atoms with Crippen LogP contribution in [0.3, 0.4) is 0 Å². The van der Waals surface area contributed by atoms with Crippen LogP contribution in [-0.4, -0.2) is 48.7 Å². The molecule has 1 amide bonds. The molecule has 4 aliphatic rings. The Kier molecular flexibility index (Phi) is 6.13. The molecule has 7 heteroatoms. The second-order valence-electron chi connectivity index (χ2n) is 8.31. The molecule has 3 aliphatic heterocycles. The van der Waals surface area contributed by atoms with Gasteiger partial charge in [0.2, 0.25) is 0 Å². The Balaban J connectivity index is 1.31. The summed E-state index contributed by atoms with van der Waals surface area (Å²) in [5, 5.41) is 2.63. The van der Waals surface area contributed by atoms with Crippen LogP contribution in [-0.2, 0) is 19.1 Å². The van der Waals surface area contributed by atoms with Crippen molar-refractivity contribution in [3.05, 3.63) is 29.8 Å². The molecule has 3 heterocycles. The van der Waals surface area contributed by atoms with Crippen molar-refractivity contribution in [2.24, 2.45) is 5.92 Å². The predicted molar refractivity (Wildman–Crippen MR) is 106 cm³/mol. The van der Waals surface area contributed by atoms with E-state index in [1.54, 1.807) is 6.07 Å². The fourth-order valence-corrected chi connectivity index (χ4v) is 4.87. The van der Waals surface area contributed by atoms with Gasteiger partial charge in [-0.2, -0.15) is 0 Å². The second-order valence-corrected chi connectivity index (χ2v) is 8.31. The van der Waals surface area contributed by atoms with E-state index in [9.17, 15) is 14.4 Å². The average Bonchev–Trinajstić information content (AvgIpc) is 2.75. The number of piperidine rings is 3. The minimum absolute atomic E-state index is 0.285. The number of para-hydroxylation sites is 1. The first kappa shape index (κ1) is 19.9. The topological polar surface area (TPSA) is 84.9 Å². The van der Waals surface area contributed by atoms with Gasteiger partial charge in [-0.05, 0) is 62.2 Å². The zero-order valence-electron chi connectivity index (χ0n) is 16.6. The molecular weight excluding hydrogens is 372 g/mol. The Bertz CT molecular complexity index is 766. The van der Waals surface area contributed by atoms with Gasteiger partial charge in [-0.3, -0.25) is 10.2 Å². The van der Waals surface area contributed by atoms with Crippen LogP contribution in [0.15, 0.2) is 24.3 Å². The van der Waals surface area contributed by atoms with E-state index in [0.29, 0.717) is 18.2 Å². The Hall–Kier alpha value is -2.41. The van der Waals surface area contributed by atoms with Gasteiger partial charge in [0, 0.05) is 12.2 Å². The van der Waals surface area contributed by atoms with Crippen molar-refractivity contribution in [3.63, 3.8) is 0 Å². The van der Waals surface area contributed by atoms with Gasteiger partial charge in [0.25, 0.3) is 0 Å². The van der Waals surface area contributed by atoms with Crippen molar-refractivity contribution >= 4 is 23.7 Å². The quantitative estimate of drug-likeness (QED) is 0.475. The Morgan fingerprint density at radius 2 is 1.66 bits per heavy atom. The summed E-state index contributed by atoms with van der Waals surface area (Å²) in [5.74, 6) is -1.70. The third kappa shape index (κ3) is 4.78. The van der Waals surface area contributed by atoms with Crippen LogP contribution in [0.2, 0.25) is 0 Å². The molecule has 4 fully saturated rings. The maximum atomic E-state index is 12.2. The highest BCUT2D eigenvalue weighted by Crippen LogP contribution is 2.36. The van der Waals surface area contributed by atoms with Crippen molar-refractivity contribution in [2.75, 3.05) is 25.0 Å². The lowest BCUT2D eigenvalue weighted by atomic mass is 9.83. The zero-order valence-corrected chi connectivity index (χ0v) is 16.6. The third-order valence-electron chi connectivity index (χ3n) is 6.45.